The number of hydrogen-bond donors (Lipinski definition) is 2. The van der Waals surface area contributed by atoms with Crippen molar-refractivity contribution in [3.8, 4) is 0 Å². The molecule has 1 fully saturated rings. The Balaban J connectivity index is 2.09. The monoisotopic (exact) mass is 478 g/mol. The average molecular weight is 479 g/mol. The van der Waals surface area contributed by atoms with Gasteiger partial charge in [-0.15, -0.1) is 0 Å². The maximum absolute atomic E-state index is 14.2. The van der Waals surface area contributed by atoms with Crippen LogP contribution in [0.1, 0.15) is 63.9 Å². The molecule has 0 radical (unpaired) electrons. The van der Waals surface area contributed by atoms with E-state index in [-0.39, 0.29) is 18.8 Å². The molecule has 1 saturated carbocycles. The third-order valence-electron chi connectivity index (χ3n) is 6.21. The average Bonchev–Trinajstić information content (AvgIpc) is 3.11. The third kappa shape index (κ3) is 9.11. The Kier molecular flexibility index (Phi) is 11.6. The molecule has 7 heteroatoms. The van der Waals surface area contributed by atoms with Crippen molar-refractivity contribution in [2.45, 2.75) is 83.0 Å². The van der Waals surface area contributed by atoms with E-state index in [1.807, 2.05) is 42.5 Å². The van der Waals surface area contributed by atoms with Crippen LogP contribution in [0.3, 0.4) is 0 Å². The summed E-state index contributed by atoms with van der Waals surface area (Å²) in [6, 6.07) is 9.54. The van der Waals surface area contributed by atoms with Gasteiger partial charge in [0, 0.05) is 25.2 Å². The SMILES string of the molecule is CCCCC(F)(F)C(=O)C=C[C@@H]1[C@@H](CC=CCCCC(=O)O)[C@@H](O)C[C@H]1OCc1ccccc1. The quantitative estimate of drug-likeness (QED) is 0.191. The summed E-state index contributed by atoms with van der Waals surface area (Å²) < 4.78 is 34.4. The second kappa shape index (κ2) is 14.1. The van der Waals surface area contributed by atoms with Gasteiger partial charge >= 0.3 is 11.9 Å². The molecule has 0 bridgehead atoms. The topological polar surface area (TPSA) is 83.8 Å². The molecule has 0 amide bonds. The summed E-state index contributed by atoms with van der Waals surface area (Å²) in [6.45, 7) is 2.12. The largest absolute Gasteiger partial charge is 0.481 e. The van der Waals surface area contributed by atoms with Gasteiger partial charge in [-0.25, -0.2) is 0 Å². The van der Waals surface area contributed by atoms with Gasteiger partial charge in [0.1, 0.15) is 0 Å². The molecule has 5 nitrogen and oxygen atoms in total. The van der Waals surface area contributed by atoms with Crippen LogP contribution in [0.5, 0.6) is 0 Å². The molecule has 0 aromatic heterocycles. The van der Waals surface area contributed by atoms with Crippen molar-refractivity contribution in [2.75, 3.05) is 0 Å². The van der Waals surface area contributed by atoms with Crippen LogP contribution < -0.4 is 0 Å². The first-order valence-electron chi connectivity index (χ1n) is 12.1. The number of aliphatic carboxylic acids is 1. The summed E-state index contributed by atoms with van der Waals surface area (Å²) in [4.78, 5) is 22.8. The lowest BCUT2D eigenvalue weighted by Crippen LogP contribution is -2.28. The fourth-order valence-electron chi connectivity index (χ4n) is 4.22. The second-order valence-electron chi connectivity index (χ2n) is 8.90. The van der Waals surface area contributed by atoms with Gasteiger partial charge in [0.2, 0.25) is 5.78 Å². The van der Waals surface area contributed by atoms with Gasteiger partial charge in [0.25, 0.3) is 0 Å². The summed E-state index contributed by atoms with van der Waals surface area (Å²) in [5, 5.41) is 19.4. The minimum absolute atomic E-state index is 0.0888. The van der Waals surface area contributed by atoms with Crippen LogP contribution in [-0.2, 0) is 20.9 Å². The van der Waals surface area contributed by atoms with E-state index in [1.54, 1.807) is 6.92 Å². The molecule has 0 heterocycles. The molecule has 2 N–H and O–H groups in total. The molecule has 0 unspecified atom stereocenters. The molecular weight excluding hydrogens is 442 g/mol. The maximum Gasteiger partial charge on any atom is 0.309 e. The fraction of sp³-hybridized carbons (Fsp3) is 0.556. The van der Waals surface area contributed by atoms with Gasteiger partial charge in [-0.3, -0.25) is 9.59 Å². The third-order valence-corrected chi connectivity index (χ3v) is 6.21. The van der Waals surface area contributed by atoms with Gasteiger partial charge in [-0.1, -0.05) is 61.9 Å². The first-order valence-corrected chi connectivity index (χ1v) is 12.1. The number of aliphatic hydroxyl groups is 1. The first kappa shape index (κ1) is 27.9. The van der Waals surface area contributed by atoms with Crippen molar-refractivity contribution in [3.05, 3.63) is 60.2 Å². The fourth-order valence-corrected chi connectivity index (χ4v) is 4.22. The van der Waals surface area contributed by atoms with E-state index in [0.717, 1.165) is 11.6 Å². The zero-order valence-corrected chi connectivity index (χ0v) is 19.7. The van der Waals surface area contributed by atoms with E-state index < -0.39 is 42.2 Å². The highest BCUT2D eigenvalue weighted by atomic mass is 19.3. The smallest absolute Gasteiger partial charge is 0.309 e. The summed E-state index contributed by atoms with van der Waals surface area (Å²) in [5.74, 6) is -6.14. The molecule has 188 valence electrons. The number of halogens is 2. The minimum Gasteiger partial charge on any atom is -0.481 e. The van der Waals surface area contributed by atoms with Crippen LogP contribution in [0.25, 0.3) is 0 Å². The number of unbranched alkanes of at least 4 members (excludes halogenated alkanes) is 2. The second-order valence-corrected chi connectivity index (χ2v) is 8.90. The predicted molar refractivity (Wildman–Crippen MR) is 126 cm³/mol. The highest BCUT2D eigenvalue weighted by molar-refractivity contribution is 5.95. The number of hydrogen-bond acceptors (Lipinski definition) is 4. The molecule has 0 saturated heterocycles. The molecule has 0 aliphatic heterocycles. The van der Waals surface area contributed by atoms with E-state index >= 15 is 0 Å². The highest BCUT2D eigenvalue weighted by Gasteiger charge is 2.42. The minimum atomic E-state index is -3.40. The number of allylic oxidation sites excluding steroid dienone is 3. The van der Waals surface area contributed by atoms with E-state index in [2.05, 4.69) is 0 Å². The molecule has 1 aromatic rings. The molecule has 1 aromatic carbocycles. The molecule has 1 aliphatic carbocycles. The standard InChI is InChI=1S/C27H36F2O5/c1-2-3-17-27(28,29)25(31)16-15-22-21(13-9-4-5-10-14-26(32)33)23(30)18-24(22)34-19-20-11-7-6-8-12-20/h4,6-9,11-12,15-16,21-24,30H,2-3,5,10,13-14,17-19H2,1H3,(H,32,33)/t21-,22-,23+,24-/m1/s1. The lowest BCUT2D eigenvalue weighted by atomic mass is 9.89. The molecule has 0 spiro atoms. The Morgan fingerprint density at radius 2 is 1.91 bits per heavy atom. The van der Waals surface area contributed by atoms with Gasteiger partial charge in [0.15, 0.2) is 0 Å². The number of carbonyl (C=O) groups is 2. The van der Waals surface area contributed by atoms with Crippen molar-refractivity contribution >= 4 is 11.8 Å². The van der Waals surface area contributed by atoms with Crippen LogP contribution >= 0.6 is 0 Å². The van der Waals surface area contributed by atoms with E-state index in [1.165, 1.54) is 6.08 Å². The van der Waals surface area contributed by atoms with Crippen LogP contribution in [0.4, 0.5) is 8.78 Å². The molecule has 1 aliphatic rings. The Morgan fingerprint density at radius 3 is 2.59 bits per heavy atom. The summed E-state index contributed by atoms with van der Waals surface area (Å²) in [6.07, 6.45) is 7.51. The van der Waals surface area contributed by atoms with Gasteiger partial charge in [-0.2, -0.15) is 8.78 Å². The number of carboxylic acids is 1. The molecule has 4 atom stereocenters. The Bertz CT molecular complexity index is 822. The van der Waals surface area contributed by atoms with Crippen LogP contribution in [0.2, 0.25) is 0 Å². The number of benzene rings is 1. The number of carbonyl (C=O) groups excluding carboxylic acids is 1. The van der Waals surface area contributed by atoms with Crippen molar-refractivity contribution in [2.24, 2.45) is 11.8 Å². The van der Waals surface area contributed by atoms with Crippen molar-refractivity contribution < 1.29 is 33.3 Å². The predicted octanol–water partition coefficient (Wildman–Crippen LogP) is 5.72. The van der Waals surface area contributed by atoms with Crippen molar-refractivity contribution in [3.63, 3.8) is 0 Å². The number of ether oxygens (including phenoxy) is 1. The maximum atomic E-state index is 14.2. The summed E-state index contributed by atoms with van der Waals surface area (Å²) >= 11 is 0. The lowest BCUT2D eigenvalue weighted by molar-refractivity contribution is -0.138. The van der Waals surface area contributed by atoms with Gasteiger partial charge in [0.05, 0.1) is 18.8 Å². The molecule has 2 rings (SSSR count). The Labute approximate surface area is 200 Å². The number of rotatable bonds is 15. The zero-order valence-electron chi connectivity index (χ0n) is 19.7. The molecular formula is C27H36F2O5. The highest BCUT2D eigenvalue weighted by Crippen LogP contribution is 2.39. The van der Waals surface area contributed by atoms with Crippen molar-refractivity contribution in [1.29, 1.82) is 0 Å². The van der Waals surface area contributed by atoms with E-state index in [4.69, 9.17) is 9.84 Å². The normalized spacial score (nSPS) is 23.2. The first-order chi connectivity index (χ1) is 16.2. The zero-order chi connectivity index (χ0) is 25.0. The van der Waals surface area contributed by atoms with Crippen LogP contribution in [-0.4, -0.2) is 40.1 Å². The van der Waals surface area contributed by atoms with Crippen molar-refractivity contribution in [1.82, 2.24) is 0 Å². The van der Waals surface area contributed by atoms with Gasteiger partial charge in [-0.05, 0) is 43.2 Å². The number of ketones is 1. The number of aliphatic hydroxyl groups excluding tert-OH is 1. The van der Waals surface area contributed by atoms with Crippen LogP contribution in [0, 0.1) is 11.8 Å². The Hall–Kier alpha value is -2.38. The lowest BCUT2D eigenvalue weighted by Gasteiger charge is -2.22. The summed E-state index contributed by atoms with van der Waals surface area (Å²) in [5.41, 5.74) is 0.962. The Morgan fingerprint density at radius 1 is 1.18 bits per heavy atom. The number of carboxylic acid groups (broad SMARTS) is 1. The summed E-state index contributed by atoms with van der Waals surface area (Å²) in [7, 11) is 0. The van der Waals surface area contributed by atoms with E-state index in [0.29, 0.717) is 38.7 Å². The molecule has 34 heavy (non-hydrogen) atoms. The number of alkyl halides is 2. The van der Waals surface area contributed by atoms with E-state index in [9.17, 15) is 23.5 Å². The van der Waals surface area contributed by atoms with Gasteiger partial charge < -0.3 is 14.9 Å². The van der Waals surface area contributed by atoms with Crippen LogP contribution in [0.15, 0.2) is 54.6 Å².